The van der Waals surface area contributed by atoms with Gasteiger partial charge in [0.1, 0.15) is 0 Å². The first-order valence-electron chi connectivity index (χ1n) is 6.62. The van der Waals surface area contributed by atoms with Gasteiger partial charge >= 0.3 is 0 Å². The number of hydrogen-bond acceptors (Lipinski definition) is 3. The lowest BCUT2D eigenvalue weighted by Gasteiger charge is -2.34. The summed E-state index contributed by atoms with van der Waals surface area (Å²) in [6.07, 6.45) is 0. The smallest absolute Gasteiger partial charge is 0.159 e. The van der Waals surface area contributed by atoms with Gasteiger partial charge in [0.2, 0.25) is 0 Å². The summed E-state index contributed by atoms with van der Waals surface area (Å²) in [5, 5.41) is 3.31. The third-order valence-electron chi connectivity index (χ3n) is 3.59. The fourth-order valence-electron chi connectivity index (χ4n) is 2.42. The molecule has 5 heteroatoms. The maximum absolute atomic E-state index is 13.4. The molecule has 1 heterocycles. The predicted molar refractivity (Wildman–Crippen MR) is 72.1 cm³/mol. The second-order valence-corrected chi connectivity index (χ2v) is 5.20. The first kappa shape index (κ1) is 14.4. The molecule has 106 valence electrons. The van der Waals surface area contributed by atoms with Crippen molar-refractivity contribution in [1.29, 1.82) is 0 Å². The van der Waals surface area contributed by atoms with Gasteiger partial charge in [-0.15, -0.1) is 0 Å². The fraction of sp³-hybridized carbons (Fsp3) is 0.571. The van der Waals surface area contributed by atoms with E-state index < -0.39 is 11.6 Å². The van der Waals surface area contributed by atoms with E-state index in [-0.39, 0.29) is 6.04 Å². The monoisotopic (exact) mass is 269 g/mol. The highest BCUT2D eigenvalue weighted by Gasteiger charge is 2.20. The van der Waals surface area contributed by atoms with E-state index in [1.807, 2.05) is 14.1 Å². The van der Waals surface area contributed by atoms with Crippen molar-refractivity contribution >= 4 is 0 Å². The van der Waals surface area contributed by atoms with Gasteiger partial charge in [0, 0.05) is 38.8 Å². The number of rotatable bonds is 4. The minimum absolute atomic E-state index is 0.0770. The Morgan fingerprint density at radius 1 is 1.21 bits per heavy atom. The molecule has 0 spiro atoms. The van der Waals surface area contributed by atoms with Crippen LogP contribution in [0.3, 0.4) is 0 Å². The maximum Gasteiger partial charge on any atom is 0.159 e. The summed E-state index contributed by atoms with van der Waals surface area (Å²) in [6.45, 7) is 4.79. The molecule has 0 radical (unpaired) electrons. The van der Waals surface area contributed by atoms with Crippen molar-refractivity contribution in [2.24, 2.45) is 0 Å². The lowest BCUT2D eigenvalue weighted by atomic mass is 10.0. The molecule has 0 amide bonds. The molecule has 1 N–H and O–H groups in total. The molecule has 2 rings (SSSR count). The highest BCUT2D eigenvalue weighted by Crippen LogP contribution is 2.21. The van der Waals surface area contributed by atoms with Crippen molar-refractivity contribution < 1.29 is 8.78 Å². The Morgan fingerprint density at radius 3 is 2.47 bits per heavy atom. The average molecular weight is 269 g/mol. The number of nitrogens with one attached hydrogen (secondary N) is 1. The van der Waals surface area contributed by atoms with Crippen LogP contribution in [-0.2, 0) is 0 Å². The Balaban J connectivity index is 2.12. The topological polar surface area (TPSA) is 18.5 Å². The fourth-order valence-corrected chi connectivity index (χ4v) is 2.42. The van der Waals surface area contributed by atoms with Crippen molar-refractivity contribution in [1.82, 2.24) is 15.1 Å². The Morgan fingerprint density at radius 2 is 1.89 bits per heavy atom. The van der Waals surface area contributed by atoms with Crippen LogP contribution in [0.1, 0.15) is 11.6 Å². The third kappa shape index (κ3) is 3.72. The Hall–Kier alpha value is -1.04. The standard InChI is InChI=1S/C14H21F2N3/c1-18(2)14(10-19-7-5-17-6-8-19)11-3-4-12(15)13(16)9-11/h3-4,9,14,17H,5-8,10H2,1-2H3. The molecule has 1 fully saturated rings. The van der Waals surface area contributed by atoms with Crippen LogP contribution in [0.25, 0.3) is 0 Å². The van der Waals surface area contributed by atoms with E-state index in [1.54, 1.807) is 6.07 Å². The quantitative estimate of drug-likeness (QED) is 0.893. The molecule has 1 aliphatic rings. The average Bonchev–Trinajstić information content (AvgIpc) is 2.40. The van der Waals surface area contributed by atoms with Gasteiger partial charge < -0.3 is 10.2 Å². The second kappa shape index (κ2) is 6.41. The Kier molecular flexibility index (Phi) is 4.85. The van der Waals surface area contributed by atoms with Crippen molar-refractivity contribution in [3.05, 3.63) is 35.4 Å². The van der Waals surface area contributed by atoms with E-state index in [9.17, 15) is 8.78 Å². The molecule has 1 aromatic rings. The second-order valence-electron chi connectivity index (χ2n) is 5.20. The molecule has 1 atom stereocenters. The van der Waals surface area contributed by atoms with E-state index in [0.717, 1.165) is 38.3 Å². The van der Waals surface area contributed by atoms with Crippen molar-refractivity contribution in [3.8, 4) is 0 Å². The summed E-state index contributed by atoms with van der Waals surface area (Å²) in [5.41, 5.74) is 0.822. The molecular formula is C14H21F2N3. The largest absolute Gasteiger partial charge is 0.314 e. The maximum atomic E-state index is 13.4. The molecule has 1 unspecified atom stereocenters. The van der Waals surface area contributed by atoms with Crippen LogP contribution in [0.4, 0.5) is 8.78 Å². The number of nitrogens with zero attached hydrogens (tertiary/aromatic N) is 2. The summed E-state index contributed by atoms with van der Waals surface area (Å²) in [7, 11) is 3.93. The number of halogens is 2. The van der Waals surface area contributed by atoms with E-state index in [0.29, 0.717) is 0 Å². The number of hydrogen-bond donors (Lipinski definition) is 1. The minimum atomic E-state index is -0.788. The molecule has 1 saturated heterocycles. The van der Waals surface area contributed by atoms with Crippen LogP contribution < -0.4 is 5.32 Å². The van der Waals surface area contributed by atoms with Crippen LogP contribution in [0.5, 0.6) is 0 Å². The van der Waals surface area contributed by atoms with Crippen molar-refractivity contribution in [2.45, 2.75) is 6.04 Å². The normalized spacial score (nSPS) is 18.8. The first-order valence-corrected chi connectivity index (χ1v) is 6.62. The lowest BCUT2D eigenvalue weighted by Crippen LogP contribution is -2.46. The van der Waals surface area contributed by atoms with Crippen molar-refractivity contribution in [2.75, 3.05) is 46.8 Å². The zero-order chi connectivity index (χ0) is 13.8. The van der Waals surface area contributed by atoms with Gasteiger partial charge in [0.15, 0.2) is 11.6 Å². The number of likely N-dealkylation sites (N-methyl/N-ethyl adjacent to an activating group) is 1. The minimum Gasteiger partial charge on any atom is -0.314 e. The molecule has 0 saturated carbocycles. The number of benzene rings is 1. The van der Waals surface area contributed by atoms with Crippen LogP contribution in [0.2, 0.25) is 0 Å². The molecule has 1 aromatic carbocycles. The van der Waals surface area contributed by atoms with E-state index in [1.165, 1.54) is 12.1 Å². The van der Waals surface area contributed by atoms with E-state index >= 15 is 0 Å². The van der Waals surface area contributed by atoms with Gasteiger partial charge in [0.05, 0.1) is 0 Å². The van der Waals surface area contributed by atoms with Crippen LogP contribution in [-0.4, -0.2) is 56.6 Å². The highest BCUT2D eigenvalue weighted by molar-refractivity contribution is 5.21. The van der Waals surface area contributed by atoms with Gasteiger partial charge in [0.25, 0.3) is 0 Å². The molecule has 0 aromatic heterocycles. The predicted octanol–water partition coefficient (Wildman–Crippen LogP) is 1.47. The molecule has 0 aliphatic carbocycles. The third-order valence-corrected chi connectivity index (χ3v) is 3.59. The SMILES string of the molecule is CN(C)C(CN1CCNCC1)c1ccc(F)c(F)c1. The molecule has 19 heavy (non-hydrogen) atoms. The highest BCUT2D eigenvalue weighted by atomic mass is 19.2. The zero-order valence-electron chi connectivity index (χ0n) is 11.5. The van der Waals surface area contributed by atoms with E-state index in [4.69, 9.17) is 0 Å². The Labute approximate surface area is 113 Å². The van der Waals surface area contributed by atoms with Gasteiger partial charge in [-0.25, -0.2) is 8.78 Å². The van der Waals surface area contributed by atoms with Gasteiger partial charge in [-0.2, -0.15) is 0 Å². The molecule has 0 bridgehead atoms. The van der Waals surface area contributed by atoms with Crippen LogP contribution in [0, 0.1) is 11.6 Å². The van der Waals surface area contributed by atoms with Gasteiger partial charge in [-0.1, -0.05) is 6.07 Å². The first-order chi connectivity index (χ1) is 9.08. The molecule has 3 nitrogen and oxygen atoms in total. The summed E-state index contributed by atoms with van der Waals surface area (Å²) in [5.74, 6) is -1.56. The summed E-state index contributed by atoms with van der Waals surface area (Å²) in [4.78, 5) is 4.40. The van der Waals surface area contributed by atoms with Gasteiger partial charge in [-0.05, 0) is 31.8 Å². The van der Waals surface area contributed by atoms with E-state index in [2.05, 4.69) is 15.1 Å². The summed E-state index contributed by atoms with van der Waals surface area (Å²) in [6, 6.07) is 4.26. The summed E-state index contributed by atoms with van der Waals surface area (Å²) < 4.78 is 26.4. The summed E-state index contributed by atoms with van der Waals surface area (Å²) >= 11 is 0. The molecular weight excluding hydrogens is 248 g/mol. The van der Waals surface area contributed by atoms with Crippen LogP contribution in [0.15, 0.2) is 18.2 Å². The zero-order valence-corrected chi connectivity index (χ0v) is 11.5. The Bertz CT molecular complexity index is 417. The van der Waals surface area contributed by atoms with Gasteiger partial charge in [-0.3, -0.25) is 4.90 Å². The number of piperazine rings is 1. The van der Waals surface area contributed by atoms with Crippen LogP contribution >= 0.6 is 0 Å². The lowest BCUT2D eigenvalue weighted by molar-refractivity contribution is 0.168. The molecule has 1 aliphatic heterocycles. The van der Waals surface area contributed by atoms with Crippen molar-refractivity contribution in [3.63, 3.8) is 0 Å².